The van der Waals surface area contributed by atoms with E-state index in [2.05, 4.69) is 35.3 Å². The Morgan fingerprint density at radius 3 is 2.71 bits per heavy atom. The lowest BCUT2D eigenvalue weighted by atomic mass is 10.2. The van der Waals surface area contributed by atoms with Crippen LogP contribution in [0.5, 0.6) is 0 Å². The summed E-state index contributed by atoms with van der Waals surface area (Å²) in [5.74, 6) is 0. The molecule has 0 heterocycles. The first-order valence-corrected chi connectivity index (χ1v) is 6.23. The molecular weight excluding hydrogens is 208 g/mol. The van der Waals surface area contributed by atoms with Crippen LogP contribution in [-0.4, -0.2) is 24.0 Å². The second kappa shape index (κ2) is 6.22. The third kappa shape index (κ3) is 4.05. The van der Waals surface area contributed by atoms with Gasteiger partial charge in [-0.1, -0.05) is 42.5 Å². The topological polar surface area (TPSA) is 27.0 Å². The van der Waals surface area contributed by atoms with Crippen LogP contribution >= 0.6 is 0 Å². The van der Waals surface area contributed by atoms with Gasteiger partial charge in [-0.2, -0.15) is 5.26 Å². The van der Waals surface area contributed by atoms with Gasteiger partial charge in [0.25, 0.3) is 0 Å². The Morgan fingerprint density at radius 1 is 1.29 bits per heavy atom. The summed E-state index contributed by atoms with van der Waals surface area (Å²) in [6.45, 7) is 1.86. The van der Waals surface area contributed by atoms with Gasteiger partial charge in [-0.3, -0.25) is 4.90 Å². The molecule has 1 aromatic rings. The van der Waals surface area contributed by atoms with Crippen molar-refractivity contribution in [3.8, 4) is 6.07 Å². The van der Waals surface area contributed by atoms with Gasteiger partial charge in [0, 0.05) is 25.6 Å². The number of benzene rings is 1. The zero-order valence-corrected chi connectivity index (χ0v) is 10.0. The summed E-state index contributed by atoms with van der Waals surface area (Å²) in [6, 6.07) is 13.3. The predicted octanol–water partition coefficient (Wildman–Crippen LogP) is 3.08. The van der Waals surface area contributed by atoms with Gasteiger partial charge in [0.1, 0.15) is 0 Å². The smallest absolute Gasteiger partial charge is 0.0635 e. The molecule has 1 saturated carbocycles. The fourth-order valence-electron chi connectivity index (χ4n) is 1.94. The number of rotatable bonds is 6. The summed E-state index contributed by atoms with van der Waals surface area (Å²) in [5, 5.41) is 8.63. The highest BCUT2D eigenvalue weighted by Crippen LogP contribution is 2.26. The van der Waals surface area contributed by atoms with Crippen LogP contribution in [0.2, 0.25) is 0 Å². The average molecular weight is 226 g/mol. The van der Waals surface area contributed by atoms with Crippen molar-refractivity contribution in [2.75, 3.05) is 13.1 Å². The maximum atomic E-state index is 8.63. The van der Waals surface area contributed by atoms with Gasteiger partial charge < -0.3 is 0 Å². The molecule has 0 unspecified atom stereocenters. The zero-order valence-electron chi connectivity index (χ0n) is 10.0. The average Bonchev–Trinajstić information content (AvgIpc) is 3.19. The summed E-state index contributed by atoms with van der Waals surface area (Å²) in [4.78, 5) is 2.41. The summed E-state index contributed by atoms with van der Waals surface area (Å²) >= 11 is 0. The molecule has 0 aliphatic heterocycles. The minimum absolute atomic E-state index is 0.635. The molecule has 0 amide bonds. The number of hydrogen-bond acceptors (Lipinski definition) is 2. The van der Waals surface area contributed by atoms with Gasteiger partial charge in [0.2, 0.25) is 0 Å². The summed E-state index contributed by atoms with van der Waals surface area (Å²) in [7, 11) is 0. The van der Waals surface area contributed by atoms with Gasteiger partial charge in [-0.15, -0.1) is 0 Å². The van der Waals surface area contributed by atoms with Gasteiger partial charge >= 0.3 is 0 Å². The van der Waals surface area contributed by atoms with E-state index >= 15 is 0 Å². The van der Waals surface area contributed by atoms with E-state index in [0.717, 1.165) is 19.1 Å². The molecule has 2 heteroatoms. The van der Waals surface area contributed by atoms with Crippen LogP contribution in [0, 0.1) is 11.3 Å². The van der Waals surface area contributed by atoms with E-state index in [1.165, 1.54) is 18.4 Å². The van der Waals surface area contributed by atoms with E-state index in [1.807, 2.05) is 18.2 Å². The van der Waals surface area contributed by atoms with Crippen molar-refractivity contribution in [2.45, 2.75) is 25.3 Å². The van der Waals surface area contributed by atoms with Crippen LogP contribution in [0.1, 0.15) is 24.8 Å². The SMILES string of the molecule is N#CCCN(C/C=C/c1ccccc1)C1CC1. The number of hydrogen-bond donors (Lipinski definition) is 0. The molecule has 0 aromatic heterocycles. The summed E-state index contributed by atoms with van der Waals surface area (Å²) in [5.41, 5.74) is 1.24. The lowest BCUT2D eigenvalue weighted by Gasteiger charge is -2.18. The molecule has 1 fully saturated rings. The molecule has 88 valence electrons. The third-order valence-electron chi connectivity index (χ3n) is 3.02. The normalized spacial score (nSPS) is 15.3. The van der Waals surface area contributed by atoms with Crippen molar-refractivity contribution in [1.82, 2.24) is 4.90 Å². The fraction of sp³-hybridized carbons (Fsp3) is 0.400. The van der Waals surface area contributed by atoms with E-state index < -0.39 is 0 Å². The van der Waals surface area contributed by atoms with Crippen LogP contribution in [0.3, 0.4) is 0 Å². The quantitative estimate of drug-likeness (QED) is 0.745. The largest absolute Gasteiger partial charge is 0.296 e. The van der Waals surface area contributed by atoms with Gasteiger partial charge in [-0.25, -0.2) is 0 Å². The Morgan fingerprint density at radius 2 is 2.06 bits per heavy atom. The van der Waals surface area contributed by atoms with Gasteiger partial charge in [0.05, 0.1) is 6.07 Å². The first-order valence-electron chi connectivity index (χ1n) is 6.23. The Labute approximate surface area is 103 Å². The Hall–Kier alpha value is -1.59. The van der Waals surface area contributed by atoms with Crippen molar-refractivity contribution < 1.29 is 0 Å². The molecule has 1 aliphatic rings. The molecule has 0 atom stereocenters. The summed E-state index contributed by atoms with van der Waals surface area (Å²) < 4.78 is 0. The number of nitriles is 1. The highest BCUT2D eigenvalue weighted by molar-refractivity contribution is 5.48. The van der Waals surface area contributed by atoms with Crippen molar-refractivity contribution in [1.29, 1.82) is 5.26 Å². The highest BCUT2D eigenvalue weighted by atomic mass is 15.2. The molecule has 17 heavy (non-hydrogen) atoms. The molecule has 1 aromatic carbocycles. The van der Waals surface area contributed by atoms with Gasteiger partial charge in [-0.05, 0) is 18.4 Å². The maximum absolute atomic E-state index is 8.63. The maximum Gasteiger partial charge on any atom is 0.0635 e. The van der Waals surface area contributed by atoms with E-state index in [-0.39, 0.29) is 0 Å². The van der Waals surface area contributed by atoms with E-state index in [1.54, 1.807) is 0 Å². The van der Waals surface area contributed by atoms with Crippen molar-refractivity contribution >= 4 is 6.08 Å². The third-order valence-corrected chi connectivity index (χ3v) is 3.02. The minimum atomic E-state index is 0.635. The fourth-order valence-corrected chi connectivity index (χ4v) is 1.94. The first kappa shape index (κ1) is 11.9. The van der Waals surface area contributed by atoms with Crippen molar-refractivity contribution in [3.05, 3.63) is 42.0 Å². The van der Waals surface area contributed by atoms with Crippen LogP contribution in [0.25, 0.3) is 6.08 Å². The lowest BCUT2D eigenvalue weighted by molar-refractivity contribution is 0.299. The van der Waals surface area contributed by atoms with Crippen LogP contribution in [0.15, 0.2) is 36.4 Å². The first-order chi connectivity index (χ1) is 8.40. The second-order valence-corrected chi connectivity index (χ2v) is 4.45. The Kier molecular flexibility index (Phi) is 4.35. The van der Waals surface area contributed by atoms with Gasteiger partial charge in [0.15, 0.2) is 0 Å². The number of nitrogens with zero attached hydrogens (tertiary/aromatic N) is 2. The van der Waals surface area contributed by atoms with Crippen LogP contribution in [0.4, 0.5) is 0 Å². The standard InChI is InChI=1S/C15H18N2/c16-11-5-13-17(15-9-10-15)12-4-8-14-6-2-1-3-7-14/h1-4,6-8,15H,5,9-10,12-13H2/b8-4+. The summed E-state index contributed by atoms with van der Waals surface area (Å²) in [6.07, 6.45) is 7.58. The minimum Gasteiger partial charge on any atom is -0.296 e. The molecule has 0 bridgehead atoms. The monoisotopic (exact) mass is 226 g/mol. The van der Waals surface area contributed by atoms with Crippen molar-refractivity contribution in [2.24, 2.45) is 0 Å². The lowest BCUT2D eigenvalue weighted by Crippen LogP contribution is -2.27. The molecule has 2 rings (SSSR count). The van der Waals surface area contributed by atoms with E-state index in [9.17, 15) is 0 Å². The highest BCUT2D eigenvalue weighted by Gasteiger charge is 2.27. The van der Waals surface area contributed by atoms with E-state index in [0.29, 0.717) is 6.42 Å². The molecule has 0 spiro atoms. The molecule has 0 saturated heterocycles. The second-order valence-electron chi connectivity index (χ2n) is 4.45. The molecule has 0 N–H and O–H groups in total. The molecule has 1 aliphatic carbocycles. The molecular formula is C15H18N2. The molecule has 2 nitrogen and oxygen atoms in total. The van der Waals surface area contributed by atoms with Crippen LogP contribution in [-0.2, 0) is 0 Å². The van der Waals surface area contributed by atoms with E-state index in [4.69, 9.17) is 5.26 Å². The van der Waals surface area contributed by atoms with Crippen molar-refractivity contribution in [3.63, 3.8) is 0 Å². The van der Waals surface area contributed by atoms with Crippen LogP contribution < -0.4 is 0 Å². The molecule has 0 radical (unpaired) electrons. The zero-order chi connectivity index (χ0) is 11.9. The Balaban J connectivity index is 1.82. The predicted molar refractivity (Wildman–Crippen MR) is 70.3 cm³/mol. The Bertz CT molecular complexity index is 399.